The summed E-state index contributed by atoms with van der Waals surface area (Å²) in [5, 5.41) is 30.6. The molecule has 0 saturated carbocycles. The quantitative estimate of drug-likeness (QED) is 0.269. The monoisotopic (exact) mass is 364 g/mol. The summed E-state index contributed by atoms with van der Waals surface area (Å²) in [6.45, 7) is 1.50. The fourth-order valence-electron chi connectivity index (χ4n) is 1.78. The number of nitrogens with zero attached hydrogens (tertiary/aromatic N) is 3. The summed E-state index contributed by atoms with van der Waals surface area (Å²) >= 11 is 0.877. The zero-order valence-corrected chi connectivity index (χ0v) is 13.9. The van der Waals surface area contributed by atoms with E-state index in [-0.39, 0.29) is 27.1 Å². The summed E-state index contributed by atoms with van der Waals surface area (Å²) in [7, 11) is 1.18. The molecule has 1 fully saturated rings. The van der Waals surface area contributed by atoms with Crippen molar-refractivity contribution in [3.05, 3.63) is 44.4 Å². The van der Waals surface area contributed by atoms with Gasteiger partial charge in [-0.2, -0.15) is 5.10 Å². The molecule has 0 radical (unpaired) electrons. The highest BCUT2D eigenvalue weighted by molar-refractivity contribution is 8.18. The molecule has 1 aliphatic rings. The summed E-state index contributed by atoms with van der Waals surface area (Å²) in [5.74, 6) is -1.40. The molecule has 10 nitrogen and oxygen atoms in total. The van der Waals surface area contributed by atoms with Crippen molar-refractivity contribution in [1.82, 2.24) is 5.32 Å². The lowest BCUT2D eigenvalue weighted by molar-refractivity contribution is -0.385. The van der Waals surface area contributed by atoms with Crippen molar-refractivity contribution in [3.63, 3.8) is 0 Å². The first-order valence-corrected chi connectivity index (χ1v) is 7.51. The van der Waals surface area contributed by atoms with Gasteiger partial charge in [0.2, 0.25) is 0 Å². The van der Waals surface area contributed by atoms with Crippen molar-refractivity contribution in [3.8, 4) is 5.75 Å². The maximum Gasteiger partial charge on any atom is 0.331 e. The number of aromatic hydroxyl groups is 1. The molecule has 0 atom stereocenters. The lowest BCUT2D eigenvalue weighted by Crippen LogP contribution is -2.19. The predicted molar refractivity (Wildman–Crippen MR) is 90.4 cm³/mol. The zero-order chi connectivity index (χ0) is 18.6. The third-order valence-corrected chi connectivity index (χ3v) is 3.89. The first-order valence-electron chi connectivity index (χ1n) is 6.69. The van der Waals surface area contributed by atoms with Gasteiger partial charge in [-0.25, -0.2) is 4.79 Å². The number of nitro groups is 1. The van der Waals surface area contributed by atoms with Crippen molar-refractivity contribution < 1.29 is 24.4 Å². The van der Waals surface area contributed by atoms with Crippen LogP contribution in [0.15, 0.2) is 33.3 Å². The van der Waals surface area contributed by atoms with Crippen LogP contribution in [0.5, 0.6) is 5.75 Å². The van der Waals surface area contributed by atoms with Crippen LogP contribution in [-0.4, -0.2) is 40.4 Å². The second kappa shape index (κ2) is 7.57. The van der Waals surface area contributed by atoms with E-state index in [1.807, 2.05) is 0 Å². The van der Waals surface area contributed by atoms with Gasteiger partial charge in [-0.1, -0.05) is 0 Å². The van der Waals surface area contributed by atoms with E-state index in [4.69, 9.17) is 0 Å². The van der Waals surface area contributed by atoms with Gasteiger partial charge in [-0.05, 0) is 24.8 Å². The number of carbonyl (C=O) groups is 2. The van der Waals surface area contributed by atoms with E-state index >= 15 is 0 Å². The van der Waals surface area contributed by atoms with E-state index in [9.17, 15) is 24.8 Å². The molecule has 130 valence electrons. The highest BCUT2D eigenvalue weighted by atomic mass is 32.2. The van der Waals surface area contributed by atoms with E-state index in [0.717, 1.165) is 30.1 Å². The molecule has 25 heavy (non-hydrogen) atoms. The molecule has 0 aliphatic carbocycles. The van der Waals surface area contributed by atoms with Gasteiger partial charge in [-0.15, -0.1) is 5.10 Å². The van der Waals surface area contributed by atoms with Crippen molar-refractivity contribution >= 4 is 40.7 Å². The van der Waals surface area contributed by atoms with Crippen LogP contribution in [0.2, 0.25) is 0 Å². The predicted octanol–water partition coefficient (Wildman–Crippen LogP) is 1.22. The normalized spacial score (nSPS) is 17.3. The molecule has 1 aromatic rings. The van der Waals surface area contributed by atoms with Gasteiger partial charge in [0.1, 0.15) is 5.75 Å². The molecule has 1 saturated heterocycles. The van der Waals surface area contributed by atoms with Gasteiger partial charge in [-0.3, -0.25) is 20.2 Å². The second-order valence-corrected chi connectivity index (χ2v) is 5.72. The molecule has 1 aromatic carbocycles. The molecule has 0 spiro atoms. The Morgan fingerprint density at radius 1 is 1.48 bits per heavy atom. The molecule has 2 N–H and O–H groups in total. The highest BCUT2D eigenvalue weighted by Crippen LogP contribution is 2.26. The van der Waals surface area contributed by atoms with Crippen molar-refractivity contribution in [1.29, 1.82) is 0 Å². The Kier molecular flexibility index (Phi) is 5.49. The number of ether oxygens (including phenoxy) is 1. The van der Waals surface area contributed by atoms with Crippen LogP contribution < -0.4 is 5.32 Å². The van der Waals surface area contributed by atoms with Gasteiger partial charge in [0.05, 0.1) is 23.2 Å². The van der Waals surface area contributed by atoms with Gasteiger partial charge in [0, 0.05) is 23.3 Å². The standard InChI is InChI=1S/C14H12N4O6S/c1-7-3-10(19)8(4-9(7)18(22)23)6-15-17-14-16-13(21)11(25-14)5-12(20)24-2/h3-6,19H,1-2H3,(H,16,17,21)/b11-5+,15-6?. The van der Waals surface area contributed by atoms with Crippen molar-refractivity contribution in [2.24, 2.45) is 10.2 Å². The number of phenols is 1. The maximum absolute atomic E-state index is 11.6. The summed E-state index contributed by atoms with van der Waals surface area (Å²) in [5.41, 5.74) is 0.238. The molecule has 1 heterocycles. The van der Waals surface area contributed by atoms with Gasteiger partial charge < -0.3 is 9.84 Å². The lowest BCUT2D eigenvalue weighted by Gasteiger charge is -2.01. The molecule has 1 amide bonds. The van der Waals surface area contributed by atoms with E-state index in [2.05, 4.69) is 20.3 Å². The highest BCUT2D eigenvalue weighted by Gasteiger charge is 2.25. The smallest absolute Gasteiger partial charge is 0.331 e. The van der Waals surface area contributed by atoms with Crippen LogP contribution in [0, 0.1) is 17.0 Å². The summed E-state index contributed by atoms with van der Waals surface area (Å²) in [6.07, 6.45) is 2.13. The summed E-state index contributed by atoms with van der Waals surface area (Å²) in [6, 6.07) is 2.41. The largest absolute Gasteiger partial charge is 0.507 e. The van der Waals surface area contributed by atoms with E-state index in [0.29, 0.717) is 5.56 Å². The number of esters is 1. The number of benzene rings is 1. The average molecular weight is 364 g/mol. The minimum absolute atomic E-state index is 0.0922. The van der Waals surface area contributed by atoms with E-state index in [1.165, 1.54) is 20.1 Å². The SMILES string of the molecule is COC(=O)/C=C1/S/C(=N\N=Cc2cc([N+](=O)[O-])c(C)cc2O)NC1=O. The number of nitrogens with one attached hydrogen (secondary N) is 1. The number of phenolic OH excluding ortho intramolecular Hbond substituents is 1. The van der Waals surface area contributed by atoms with Crippen molar-refractivity contribution in [2.75, 3.05) is 7.11 Å². The average Bonchev–Trinajstić information content (AvgIpc) is 2.88. The van der Waals surface area contributed by atoms with Crippen LogP contribution >= 0.6 is 11.8 Å². The first kappa shape index (κ1) is 18.1. The first-order chi connectivity index (χ1) is 11.8. The molecular weight excluding hydrogens is 352 g/mol. The molecule has 0 unspecified atom stereocenters. The van der Waals surface area contributed by atoms with Crippen LogP contribution in [0.25, 0.3) is 0 Å². The molecule has 0 bridgehead atoms. The Hall–Kier alpha value is -3.21. The van der Waals surface area contributed by atoms with Crippen LogP contribution in [-0.2, 0) is 14.3 Å². The van der Waals surface area contributed by atoms with Crippen LogP contribution in [0.3, 0.4) is 0 Å². The number of methoxy groups -OCH3 is 1. The molecule has 2 rings (SSSR count). The Bertz CT molecular complexity index is 846. The minimum Gasteiger partial charge on any atom is -0.507 e. The number of thioether (sulfide) groups is 1. The third kappa shape index (κ3) is 4.41. The number of nitro benzene ring substituents is 1. The number of carbonyl (C=O) groups excluding carboxylic acids is 2. The number of hydrogen-bond donors (Lipinski definition) is 2. The number of hydrogen-bond acceptors (Lipinski definition) is 9. The maximum atomic E-state index is 11.6. The van der Waals surface area contributed by atoms with E-state index in [1.54, 1.807) is 0 Å². The topological polar surface area (TPSA) is 143 Å². The summed E-state index contributed by atoms with van der Waals surface area (Å²) < 4.78 is 4.43. The number of aryl methyl sites for hydroxylation is 1. The minimum atomic E-state index is -0.681. The molecule has 1 aliphatic heterocycles. The fraction of sp³-hybridized carbons (Fsp3) is 0.143. The third-order valence-electron chi connectivity index (χ3n) is 2.99. The van der Waals surface area contributed by atoms with Crippen molar-refractivity contribution in [2.45, 2.75) is 6.92 Å². The molecule has 0 aromatic heterocycles. The van der Waals surface area contributed by atoms with E-state index < -0.39 is 16.8 Å². The fourth-order valence-corrected chi connectivity index (χ4v) is 2.52. The van der Waals surface area contributed by atoms with Gasteiger partial charge in [0.25, 0.3) is 11.6 Å². The molecular formula is C14H12N4O6S. The summed E-state index contributed by atoms with van der Waals surface area (Å²) in [4.78, 5) is 33.2. The lowest BCUT2D eigenvalue weighted by atomic mass is 10.1. The number of amides is 1. The Balaban J connectivity index is 2.19. The Labute approximate surface area is 145 Å². The van der Waals surface area contributed by atoms with Crippen LogP contribution in [0.1, 0.15) is 11.1 Å². The number of rotatable bonds is 4. The zero-order valence-electron chi connectivity index (χ0n) is 13.0. The Morgan fingerprint density at radius 3 is 2.84 bits per heavy atom. The van der Waals surface area contributed by atoms with Crippen LogP contribution in [0.4, 0.5) is 5.69 Å². The van der Waals surface area contributed by atoms with Gasteiger partial charge in [0.15, 0.2) is 5.17 Å². The van der Waals surface area contributed by atoms with Gasteiger partial charge >= 0.3 is 5.97 Å². The molecule has 11 heteroatoms. The Morgan fingerprint density at radius 2 is 2.20 bits per heavy atom. The second-order valence-electron chi connectivity index (χ2n) is 4.69. The number of amidine groups is 1.